The standard InChI is InChI=1S/C15H15N3O2/c1-10-5-7-13(8-6-10)17-15(19)12-4-2-3-11(9-12)14(16)18-20/h2-9,20H,1H3,(H2,16,18)(H,17,19). The van der Waals surface area contributed by atoms with Crippen LogP contribution in [0.4, 0.5) is 5.69 Å². The Labute approximate surface area is 116 Å². The molecule has 5 nitrogen and oxygen atoms in total. The van der Waals surface area contributed by atoms with E-state index in [2.05, 4.69) is 10.5 Å². The van der Waals surface area contributed by atoms with Crippen molar-refractivity contribution >= 4 is 17.4 Å². The lowest BCUT2D eigenvalue weighted by Gasteiger charge is -2.07. The Balaban J connectivity index is 2.19. The van der Waals surface area contributed by atoms with Crippen LogP contribution < -0.4 is 11.1 Å². The molecule has 0 bridgehead atoms. The number of oxime groups is 1. The molecule has 2 rings (SSSR count). The van der Waals surface area contributed by atoms with Gasteiger partial charge in [-0.1, -0.05) is 35.0 Å². The van der Waals surface area contributed by atoms with Gasteiger partial charge in [-0.15, -0.1) is 0 Å². The molecular weight excluding hydrogens is 254 g/mol. The Kier molecular flexibility index (Phi) is 4.00. The second-order valence-electron chi connectivity index (χ2n) is 4.39. The third-order valence-electron chi connectivity index (χ3n) is 2.84. The van der Waals surface area contributed by atoms with Gasteiger partial charge in [-0.3, -0.25) is 4.79 Å². The molecule has 2 aromatic rings. The number of hydrogen-bond donors (Lipinski definition) is 3. The van der Waals surface area contributed by atoms with Gasteiger partial charge in [0.2, 0.25) is 0 Å². The monoisotopic (exact) mass is 269 g/mol. The van der Waals surface area contributed by atoms with E-state index in [0.29, 0.717) is 11.1 Å². The molecule has 0 saturated heterocycles. The van der Waals surface area contributed by atoms with E-state index in [1.807, 2.05) is 31.2 Å². The highest BCUT2D eigenvalue weighted by Crippen LogP contribution is 2.12. The lowest BCUT2D eigenvalue weighted by atomic mass is 10.1. The Morgan fingerprint density at radius 3 is 2.45 bits per heavy atom. The molecule has 4 N–H and O–H groups in total. The van der Waals surface area contributed by atoms with Gasteiger partial charge in [0.05, 0.1) is 0 Å². The normalized spacial score (nSPS) is 11.2. The van der Waals surface area contributed by atoms with Gasteiger partial charge in [0.25, 0.3) is 5.91 Å². The predicted molar refractivity (Wildman–Crippen MR) is 78.1 cm³/mol. The number of carbonyl (C=O) groups is 1. The topological polar surface area (TPSA) is 87.7 Å². The molecule has 0 heterocycles. The summed E-state index contributed by atoms with van der Waals surface area (Å²) >= 11 is 0. The molecule has 2 aromatic carbocycles. The van der Waals surface area contributed by atoms with E-state index in [9.17, 15) is 4.79 Å². The molecule has 0 aromatic heterocycles. The number of nitrogens with zero attached hydrogens (tertiary/aromatic N) is 1. The largest absolute Gasteiger partial charge is 0.409 e. The zero-order valence-electron chi connectivity index (χ0n) is 11.0. The minimum atomic E-state index is -0.249. The van der Waals surface area contributed by atoms with Crippen molar-refractivity contribution in [3.05, 3.63) is 65.2 Å². The molecule has 0 aliphatic heterocycles. The van der Waals surface area contributed by atoms with Crippen LogP contribution in [-0.4, -0.2) is 17.0 Å². The van der Waals surface area contributed by atoms with Gasteiger partial charge in [0.15, 0.2) is 5.84 Å². The van der Waals surface area contributed by atoms with E-state index in [1.54, 1.807) is 24.3 Å². The van der Waals surface area contributed by atoms with Crippen molar-refractivity contribution in [1.29, 1.82) is 0 Å². The first-order valence-corrected chi connectivity index (χ1v) is 6.06. The molecule has 0 atom stereocenters. The van der Waals surface area contributed by atoms with Crippen LogP contribution in [0.3, 0.4) is 0 Å². The van der Waals surface area contributed by atoms with Crippen molar-refractivity contribution in [2.45, 2.75) is 6.92 Å². The molecular formula is C15H15N3O2. The SMILES string of the molecule is Cc1ccc(NC(=O)c2cccc(/C(N)=N/O)c2)cc1. The lowest BCUT2D eigenvalue weighted by Crippen LogP contribution is -2.16. The number of hydrogen-bond acceptors (Lipinski definition) is 3. The van der Waals surface area contributed by atoms with Crippen LogP contribution >= 0.6 is 0 Å². The smallest absolute Gasteiger partial charge is 0.255 e. The lowest BCUT2D eigenvalue weighted by molar-refractivity contribution is 0.102. The molecule has 20 heavy (non-hydrogen) atoms. The van der Waals surface area contributed by atoms with Crippen molar-refractivity contribution in [2.75, 3.05) is 5.32 Å². The molecule has 0 fully saturated rings. The fourth-order valence-electron chi connectivity index (χ4n) is 1.72. The fourth-order valence-corrected chi connectivity index (χ4v) is 1.72. The Hall–Kier alpha value is -2.82. The Bertz CT molecular complexity index is 648. The van der Waals surface area contributed by atoms with Gasteiger partial charge < -0.3 is 16.3 Å². The van der Waals surface area contributed by atoms with E-state index in [4.69, 9.17) is 10.9 Å². The number of nitrogens with two attached hydrogens (primary N) is 1. The number of aryl methyl sites for hydroxylation is 1. The van der Waals surface area contributed by atoms with E-state index in [1.165, 1.54) is 0 Å². The molecule has 0 saturated carbocycles. The van der Waals surface area contributed by atoms with Crippen molar-refractivity contribution < 1.29 is 10.0 Å². The van der Waals surface area contributed by atoms with Crippen molar-refractivity contribution in [1.82, 2.24) is 0 Å². The van der Waals surface area contributed by atoms with Crippen LogP contribution in [0, 0.1) is 6.92 Å². The molecule has 0 radical (unpaired) electrons. The summed E-state index contributed by atoms with van der Waals surface area (Å²) in [7, 11) is 0. The molecule has 1 amide bonds. The fraction of sp³-hybridized carbons (Fsp3) is 0.0667. The third-order valence-corrected chi connectivity index (χ3v) is 2.84. The number of carbonyl (C=O) groups excluding carboxylic acids is 1. The van der Waals surface area contributed by atoms with Crippen LogP contribution in [0.2, 0.25) is 0 Å². The highest BCUT2D eigenvalue weighted by Gasteiger charge is 2.08. The number of anilines is 1. The van der Waals surface area contributed by atoms with Crippen LogP contribution in [0.15, 0.2) is 53.7 Å². The summed E-state index contributed by atoms with van der Waals surface area (Å²) in [6.45, 7) is 1.98. The van der Waals surface area contributed by atoms with E-state index in [0.717, 1.165) is 11.3 Å². The van der Waals surface area contributed by atoms with Crippen molar-refractivity contribution in [3.8, 4) is 0 Å². The van der Waals surface area contributed by atoms with Crippen molar-refractivity contribution in [3.63, 3.8) is 0 Å². The molecule has 0 unspecified atom stereocenters. The maximum absolute atomic E-state index is 12.1. The number of nitrogens with one attached hydrogen (secondary N) is 1. The van der Waals surface area contributed by atoms with Crippen LogP contribution in [0.25, 0.3) is 0 Å². The maximum atomic E-state index is 12.1. The average molecular weight is 269 g/mol. The van der Waals surface area contributed by atoms with E-state index >= 15 is 0 Å². The summed E-state index contributed by atoms with van der Waals surface area (Å²) in [5, 5.41) is 14.3. The first kappa shape index (κ1) is 13.6. The van der Waals surface area contributed by atoms with Gasteiger partial charge in [0.1, 0.15) is 0 Å². The Morgan fingerprint density at radius 2 is 1.80 bits per heavy atom. The second kappa shape index (κ2) is 5.88. The number of amidine groups is 1. The van der Waals surface area contributed by atoms with Crippen LogP contribution in [-0.2, 0) is 0 Å². The summed E-state index contributed by atoms with van der Waals surface area (Å²) in [6, 6.07) is 14.1. The summed E-state index contributed by atoms with van der Waals surface area (Å²) in [5.41, 5.74) is 8.27. The average Bonchev–Trinajstić information content (AvgIpc) is 2.49. The van der Waals surface area contributed by atoms with Gasteiger partial charge >= 0.3 is 0 Å². The summed E-state index contributed by atoms with van der Waals surface area (Å²) in [6.07, 6.45) is 0. The van der Waals surface area contributed by atoms with Gasteiger partial charge in [-0.2, -0.15) is 0 Å². The number of benzene rings is 2. The summed E-state index contributed by atoms with van der Waals surface area (Å²) in [5.74, 6) is -0.281. The molecule has 102 valence electrons. The molecule has 0 aliphatic carbocycles. The number of amides is 1. The molecule has 0 spiro atoms. The van der Waals surface area contributed by atoms with Gasteiger partial charge in [0, 0.05) is 16.8 Å². The first-order valence-electron chi connectivity index (χ1n) is 6.06. The quantitative estimate of drug-likeness (QED) is 0.346. The van der Waals surface area contributed by atoms with Crippen molar-refractivity contribution in [2.24, 2.45) is 10.9 Å². The summed E-state index contributed by atoms with van der Waals surface area (Å²) < 4.78 is 0. The van der Waals surface area contributed by atoms with Gasteiger partial charge in [-0.25, -0.2) is 0 Å². The highest BCUT2D eigenvalue weighted by atomic mass is 16.4. The van der Waals surface area contributed by atoms with Gasteiger partial charge in [-0.05, 0) is 31.2 Å². The second-order valence-corrected chi connectivity index (χ2v) is 4.39. The number of rotatable bonds is 3. The summed E-state index contributed by atoms with van der Waals surface area (Å²) in [4.78, 5) is 12.1. The predicted octanol–water partition coefficient (Wildman–Crippen LogP) is 2.34. The highest BCUT2D eigenvalue weighted by molar-refractivity contribution is 6.06. The zero-order valence-corrected chi connectivity index (χ0v) is 11.0. The third kappa shape index (κ3) is 3.14. The Morgan fingerprint density at radius 1 is 1.15 bits per heavy atom. The van der Waals surface area contributed by atoms with E-state index < -0.39 is 0 Å². The van der Waals surface area contributed by atoms with E-state index in [-0.39, 0.29) is 11.7 Å². The van der Waals surface area contributed by atoms with Crippen LogP contribution in [0.1, 0.15) is 21.5 Å². The zero-order chi connectivity index (χ0) is 14.5. The minimum Gasteiger partial charge on any atom is -0.409 e. The minimum absolute atomic E-state index is 0.0324. The molecule has 5 heteroatoms. The molecule has 0 aliphatic rings. The first-order chi connectivity index (χ1) is 9.60. The maximum Gasteiger partial charge on any atom is 0.255 e. The van der Waals surface area contributed by atoms with Crippen LogP contribution in [0.5, 0.6) is 0 Å².